The molecule has 0 aromatic carbocycles. The Balaban J connectivity index is 2.23. The lowest BCUT2D eigenvalue weighted by molar-refractivity contribution is -0.157. The quantitative estimate of drug-likeness (QED) is 0.168. The van der Waals surface area contributed by atoms with Crippen LogP contribution in [0.15, 0.2) is 0 Å². The summed E-state index contributed by atoms with van der Waals surface area (Å²) in [5.74, 6) is 13.0. The molecule has 0 amide bonds. The van der Waals surface area contributed by atoms with Gasteiger partial charge in [0.25, 0.3) is 0 Å². The molecule has 1 aliphatic heterocycles. The van der Waals surface area contributed by atoms with Crippen LogP contribution >= 0.6 is 0 Å². The molecule has 1 N–H and O–H groups in total. The lowest BCUT2D eigenvalue weighted by Crippen LogP contribution is -2.57. The van der Waals surface area contributed by atoms with Gasteiger partial charge in [0.1, 0.15) is 17.8 Å². The molecule has 44 heavy (non-hydrogen) atoms. The molecule has 3 rings (SSSR count). The van der Waals surface area contributed by atoms with Gasteiger partial charge < -0.3 is 27.9 Å². The summed E-state index contributed by atoms with van der Waals surface area (Å²) in [6.45, 7) is 38.0. The van der Waals surface area contributed by atoms with Gasteiger partial charge in [0.05, 0.1) is 18.9 Å². The van der Waals surface area contributed by atoms with Gasteiger partial charge in [0, 0.05) is 12.5 Å². The molecular formula is C35H64O6Si3. The van der Waals surface area contributed by atoms with Crippen molar-refractivity contribution in [2.75, 3.05) is 6.61 Å². The van der Waals surface area contributed by atoms with E-state index >= 15 is 0 Å². The standard InChI is InChI=1S/C35H64O6Si3/c1-30(2,3)42(12,13)39-27-23-26-20-22-34(29-25-37-33(10,11)38-29,40-43(14,15)31(4,5)6)21-18-19-28(36)35(26,24-27)41-44(16,17)32(7,8)9/h26-29,36H,21,23-25H2,1-17H3/t26?,27-,28+,29+,34-,35+/m0/s1/i18+1. The van der Waals surface area contributed by atoms with Crippen molar-refractivity contribution in [1.29, 1.82) is 0 Å². The van der Waals surface area contributed by atoms with Crippen LogP contribution in [0.3, 0.4) is 0 Å². The maximum absolute atomic E-state index is 12.1. The number of ether oxygens (including phenoxy) is 2. The van der Waals surface area contributed by atoms with Crippen molar-refractivity contribution in [3.05, 3.63) is 0 Å². The second kappa shape index (κ2) is 11.9. The van der Waals surface area contributed by atoms with Crippen LogP contribution in [0, 0.1) is 29.6 Å². The van der Waals surface area contributed by atoms with E-state index in [9.17, 15) is 5.11 Å². The van der Waals surface area contributed by atoms with Crippen LogP contribution in [0.4, 0.5) is 0 Å². The minimum atomic E-state index is -2.36. The van der Waals surface area contributed by atoms with Gasteiger partial charge in [-0.05, 0) is 74.7 Å². The minimum absolute atomic E-state index is 0.0489. The fourth-order valence-corrected chi connectivity index (χ4v) is 9.94. The molecule has 2 aliphatic carbocycles. The second-order valence-electron chi connectivity index (χ2n) is 18.5. The Bertz CT molecular complexity index is 1180. The average molecular weight is 666 g/mol. The molecule has 0 radical (unpaired) electrons. The number of aliphatic hydroxyl groups is 1. The third-order valence-electron chi connectivity index (χ3n) is 11.4. The predicted molar refractivity (Wildman–Crippen MR) is 188 cm³/mol. The molecule has 0 aromatic heterocycles. The summed E-state index contributed by atoms with van der Waals surface area (Å²) in [6.07, 6.45) is 0.0473. The second-order valence-corrected chi connectivity index (χ2v) is 32.8. The third-order valence-corrected chi connectivity index (χ3v) is 25.0. The van der Waals surface area contributed by atoms with Crippen LogP contribution in [0.25, 0.3) is 0 Å². The Morgan fingerprint density at radius 3 is 1.77 bits per heavy atom. The van der Waals surface area contributed by atoms with Crippen molar-refractivity contribution in [1.82, 2.24) is 0 Å². The molecule has 0 spiro atoms. The molecule has 2 fully saturated rings. The van der Waals surface area contributed by atoms with Gasteiger partial charge in [-0.1, -0.05) is 86.0 Å². The van der Waals surface area contributed by atoms with Crippen LogP contribution in [0.1, 0.15) is 95.4 Å². The van der Waals surface area contributed by atoms with Crippen molar-refractivity contribution >= 4 is 25.0 Å². The van der Waals surface area contributed by atoms with Crippen LogP contribution in [-0.4, -0.2) is 72.0 Å². The summed E-state index contributed by atoms with van der Waals surface area (Å²) in [5, 5.41) is 12.0. The zero-order chi connectivity index (χ0) is 34.0. The highest BCUT2D eigenvalue weighted by Crippen LogP contribution is 2.51. The molecule has 0 bridgehead atoms. The maximum atomic E-state index is 12.1. The molecule has 1 saturated heterocycles. The van der Waals surface area contributed by atoms with Crippen LogP contribution in [0.2, 0.25) is 54.4 Å². The van der Waals surface area contributed by atoms with Crippen molar-refractivity contribution in [3.8, 4) is 23.7 Å². The summed E-state index contributed by atoms with van der Waals surface area (Å²) in [7, 11) is -6.81. The summed E-state index contributed by atoms with van der Waals surface area (Å²) in [5.41, 5.74) is -1.97. The van der Waals surface area contributed by atoms with E-state index in [2.05, 4.69) is 125 Å². The Hall–Kier alpha value is -0.469. The summed E-state index contributed by atoms with van der Waals surface area (Å²) in [4.78, 5) is 0. The number of fused-ring (bicyclic) bond motifs is 1. The first-order chi connectivity index (χ1) is 19.5. The van der Waals surface area contributed by atoms with E-state index in [4.69, 9.17) is 22.8 Å². The Morgan fingerprint density at radius 1 is 0.773 bits per heavy atom. The van der Waals surface area contributed by atoms with Crippen LogP contribution in [0.5, 0.6) is 0 Å². The largest absolute Gasteiger partial charge is 0.414 e. The monoisotopic (exact) mass is 665 g/mol. The van der Waals surface area contributed by atoms with Gasteiger partial charge in [-0.2, -0.15) is 0 Å². The molecular weight excluding hydrogens is 602 g/mol. The van der Waals surface area contributed by atoms with Gasteiger partial charge in [0.2, 0.25) is 0 Å². The van der Waals surface area contributed by atoms with E-state index < -0.39 is 54.1 Å². The molecule has 1 saturated carbocycles. The summed E-state index contributed by atoms with van der Waals surface area (Å²) < 4.78 is 34.2. The Labute approximate surface area is 273 Å². The first-order valence-electron chi connectivity index (χ1n) is 16.6. The molecule has 1 unspecified atom stereocenters. The summed E-state index contributed by atoms with van der Waals surface area (Å²) in [6, 6.07) is 0. The Kier molecular flexibility index (Phi) is 10.3. The third kappa shape index (κ3) is 7.63. The van der Waals surface area contributed by atoms with Gasteiger partial charge in [-0.3, -0.25) is 0 Å². The van der Waals surface area contributed by atoms with Crippen molar-refractivity contribution in [2.24, 2.45) is 5.92 Å². The van der Waals surface area contributed by atoms with E-state index in [0.717, 1.165) is 0 Å². The lowest BCUT2D eigenvalue weighted by atomic mass is 9.85. The van der Waals surface area contributed by atoms with E-state index in [-0.39, 0.29) is 27.1 Å². The molecule has 252 valence electrons. The first-order valence-corrected chi connectivity index (χ1v) is 25.3. The molecule has 9 heteroatoms. The predicted octanol–water partition coefficient (Wildman–Crippen LogP) is 8.23. The smallest absolute Gasteiger partial charge is 0.194 e. The fraction of sp³-hybridized carbons (Fsp3) is 0.886. The van der Waals surface area contributed by atoms with E-state index in [1.165, 1.54) is 0 Å². The van der Waals surface area contributed by atoms with Crippen LogP contribution in [-0.2, 0) is 22.8 Å². The normalized spacial score (nSPS) is 33.3. The SMILES string of the molecule is CC1(C)OC[C@H]([C@@]2(O[Si](C)(C)C(C)(C)C)C#CC3C[C@H](O[Si](C)(C)C(C)(C)C)C[C@]3(O[Si](C)(C)C(C)(C)C)[C@H](O)C#[13C]C2)O1. The van der Waals surface area contributed by atoms with E-state index in [0.29, 0.717) is 25.9 Å². The zero-order valence-electron chi connectivity index (χ0n) is 31.1. The average Bonchev–Trinajstić information content (AvgIpc) is 3.34. The van der Waals surface area contributed by atoms with Gasteiger partial charge in [0.15, 0.2) is 36.3 Å². The number of aliphatic hydroxyl groups excluding tert-OH is 1. The number of hydrogen-bond donors (Lipinski definition) is 1. The molecule has 6 nitrogen and oxygen atoms in total. The van der Waals surface area contributed by atoms with E-state index in [1.807, 2.05) is 13.8 Å². The highest BCUT2D eigenvalue weighted by atomic mass is 28.4. The number of rotatable bonds is 7. The van der Waals surface area contributed by atoms with Crippen molar-refractivity contribution in [3.63, 3.8) is 0 Å². The zero-order valence-corrected chi connectivity index (χ0v) is 34.1. The van der Waals surface area contributed by atoms with Gasteiger partial charge >= 0.3 is 0 Å². The van der Waals surface area contributed by atoms with Gasteiger partial charge in [-0.25, -0.2) is 0 Å². The maximum Gasteiger partial charge on any atom is 0.194 e. The highest BCUT2D eigenvalue weighted by molar-refractivity contribution is 6.75. The Morgan fingerprint density at radius 2 is 1.30 bits per heavy atom. The molecule has 3 aliphatic rings. The molecule has 0 aromatic rings. The van der Waals surface area contributed by atoms with E-state index in [1.54, 1.807) is 0 Å². The molecule has 6 atom stereocenters. The van der Waals surface area contributed by atoms with Crippen LogP contribution < -0.4 is 0 Å². The van der Waals surface area contributed by atoms with Crippen molar-refractivity contribution < 1.29 is 27.9 Å². The topological polar surface area (TPSA) is 66.4 Å². The summed E-state index contributed by atoms with van der Waals surface area (Å²) >= 11 is 0. The molecule has 1 heterocycles. The minimum Gasteiger partial charge on any atom is -0.414 e. The number of hydrogen-bond acceptors (Lipinski definition) is 6. The van der Waals surface area contributed by atoms with Crippen molar-refractivity contribution in [2.45, 2.75) is 185 Å². The first kappa shape index (κ1) is 38.0. The fourth-order valence-electron chi connectivity index (χ4n) is 5.51. The lowest BCUT2D eigenvalue weighted by Gasteiger charge is -2.47. The van der Waals surface area contributed by atoms with Gasteiger partial charge in [-0.15, -0.1) is 0 Å². The highest BCUT2D eigenvalue weighted by Gasteiger charge is 2.59.